The summed E-state index contributed by atoms with van der Waals surface area (Å²) in [6.45, 7) is 1.77. The van der Waals surface area contributed by atoms with Gasteiger partial charge in [-0.15, -0.1) is 15.3 Å². The van der Waals surface area contributed by atoms with Crippen molar-refractivity contribution in [3.8, 4) is 0 Å². The molecule has 11 heteroatoms. The fraction of sp³-hybridized carbons (Fsp3) is 0.727. The number of fused-ring (bicyclic) bond motifs is 1. The molecule has 2 aliphatic rings. The fourth-order valence-corrected chi connectivity index (χ4v) is 5.06. The van der Waals surface area contributed by atoms with Crippen molar-refractivity contribution < 1.29 is 18.0 Å². The number of anilines is 1. The summed E-state index contributed by atoms with van der Waals surface area (Å²) >= 11 is 0. The summed E-state index contributed by atoms with van der Waals surface area (Å²) < 4.78 is 40.2. The number of nitrogens with one attached hydrogen (secondary N) is 1. The number of amides is 1. The Bertz CT molecular complexity index is 959. The molecule has 0 spiro atoms. The van der Waals surface area contributed by atoms with Gasteiger partial charge in [-0.3, -0.25) is 4.79 Å². The number of aromatic nitrogens is 4. The van der Waals surface area contributed by atoms with Gasteiger partial charge in [-0.05, 0) is 51.9 Å². The molecule has 0 bridgehead atoms. The maximum atomic E-state index is 13.1. The van der Waals surface area contributed by atoms with Gasteiger partial charge in [-0.2, -0.15) is 17.7 Å². The molecule has 4 rings (SSSR count). The first-order chi connectivity index (χ1) is 15.7. The van der Waals surface area contributed by atoms with Gasteiger partial charge in [0.25, 0.3) is 5.82 Å². The van der Waals surface area contributed by atoms with Crippen molar-refractivity contribution in [1.29, 1.82) is 0 Å². The summed E-state index contributed by atoms with van der Waals surface area (Å²) in [6.07, 6.45) is 3.70. The molecule has 3 heterocycles. The smallest absolute Gasteiger partial charge is 0.355 e. The van der Waals surface area contributed by atoms with E-state index in [0.717, 1.165) is 17.4 Å². The number of hydrogen-bond acceptors (Lipinski definition) is 6. The number of carbonyl (C=O) groups excluding carboxylic acids is 1. The van der Waals surface area contributed by atoms with Crippen molar-refractivity contribution in [3.63, 3.8) is 0 Å². The number of rotatable bonds is 5. The molecule has 1 saturated heterocycles. The predicted molar refractivity (Wildman–Crippen MR) is 118 cm³/mol. The molecule has 182 valence electrons. The van der Waals surface area contributed by atoms with Crippen molar-refractivity contribution in [3.05, 3.63) is 18.0 Å². The molecule has 2 aromatic rings. The highest BCUT2D eigenvalue weighted by Gasteiger charge is 2.38. The van der Waals surface area contributed by atoms with Crippen LogP contribution in [0.4, 0.5) is 19.0 Å². The van der Waals surface area contributed by atoms with E-state index in [0.29, 0.717) is 38.3 Å². The molecule has 0 atom stereocenters. The van der Waals surface area contributed by atoms with E-state index in [1.807, 2.05) is 4.90 Å². The van der Waals surface area contributed by atoms with Crippen LogP contribution >= 0.6 is 0 Å². The number of halogens is 3. The first-order valence-corrected chi connectivity index (χ1v) is 11.7. The third-order valence-corrected chi connectivity index (χ3v) is 7.27. The highest BCUT2D eigenvalue weighted by Crippen LogP contribution is 2.31. The molecular formula is C22H32F3N7O. The summed E-state index contributed by atoms with van der Waals surface area (Å²) in [5.41, 5.74) is 0.0648. The number of hydrogen-bond donors (Lipinski definition) is 1. The van der Waals surface area contributed by atoms with Gasteiger partial charge in [-0.25, -0.2) is 0 Å². The molecular weight excluding hydrogens is 435 g/mol. The van der Waals surface area contributed by atoms with Crippen LogP contribution in [0.15, 0.2) is 12.1 Å². The molecule has 0 radical (unpaired) electrons. The van der Waals surface area contributed by atoms with E-state index in [4.69, 9.17) is 0 Å². The van der Waals surface area contributed by atoms with E-state index in [-0.39, 0.29) is 23.0 Å². The number of likely N-dealkylation sites (N-methyl/N-ethyl adjacent to an activating group) is 1. The molecule has 0 unspecified atom stereocenters. The lowest BCUT2D eigenvalue weighted by Gasteiger charge is -2.40. The third kappa shape index (κ3) is 5.07. The van der Waals surface area contributed by atoms with Crippen LogP contribution in [-0.4, -0.2) is 69.9 Å². The SMILES string of the molecule is CN(C)C1(CNC(=O)C2CCN(c3ccc4nnc(C(F)(F)F)n4n3)CC2)CCCCCC1. The molecule has 1 N–H and O–H groups in total. The minimum Gasteiger partial charge on any atom is -0.355 e. The van der Waals surface area contributed by atoms with Crippen LogP contribution in [0.1, 0.15) is 57.2 Å². The summed E-state index contributed by atoms with van der Waals surface area (Å²) in [5.74, 6) is -0.740. The van der Waals surface area contributed by atoms with Gasteiger partial charge < -0.3 is 15.1 Å². The van der Waals surface area contributed by atoms with Crippen molar-refractivity contribution in [1.82, 2.24) is 30.0 Å². The van der Waals surface area contributed by atoms with Crippen LogP contribution in [0.25, 0.3) is 5.65 Å². The standard InChI is InChI=1S/C22H32F3N7O/c1-30(2)21(11-5-3-4-6-12-21)15-26-19(33)16-9-13-31(14-10-16)18-8-7-17-27-28-20(22(23,24)25)32(17)29-18/h7-8,16H,3-6,9-15H2,1-2H3,(H,26,33). The predicted octanol–water partition coefficient (Wildman–Crippen LogP) is 3.13. The topological polar surface area (TPSA) is 78.7 Å². The van der Waals surface area contributed by atoms with Crippen LogP contribution < -0.4 is 10.2 Å². The van der Waals surface area contributed by atoms with E-state index in [2.05, 4.69) is 39.6 Å². The molecule has 2 aromatic heterocycles. The Hall–Kier alpha value is -2.43. The third-order valence-electron chi connectivity index (χ3n) is 7.27. The van der Waals surface area contributed by atoms with Crippen LogP contribution in [0.2, 0.25) is 0 Å². The van der Waals surface area contributed by atoms with Gasteiger partial charge in [0.05, 0.1) is 0 Å². The monoisotopic (exact) mass is 467 g/mol. The van der Waals surface area contributed by atoms with Gasteiger partial charge in [0.15, 0.2) is 5.65 Å². The molecule has 1 saturated carbocycles. The minimum atomic E-state index is -4.63. The summed E-state index contributed by atoms with van der Waals surface area (Å²) in [7, 11) is 4.19. The summed E-state index contributed by atoms with van der Waals surface area (Å²) in [4.78, 5) is 17.1. The van der Waals surface area contributed by atoms with E-state index in [1.54, 1.807) is 6.07 Å². The minimum absolute atomic E-state index is 0.0151. The van der Waals surface area contributed by atoms with Crippen molar-refractivity contribution >= 4 is 17.4 Å². The number of nitrogens with zero attached hydrogens (tertiary/aromatic N) is 6. The molecule has 1 amide bonds. The van der Waals surface area contributed by atoms with E-state index >= 15 is 0 Å². The largest absolute Gasteiger partial charge is 0.453 e. The molecule has 33 heavy (non-hydrogen) atoms. The van der Waals surface area contributed by atoms with Crippen LogP contribution in [0, 0.1) is 5.92 Å². The maximum Gasteiger partial charge on any atom is 0.453 e. The number of alkyl halides is 3. The quantitative estimate of drug-likeness (QED) is 0.681. The van der Waals surface area contributed by atoms with E-state index < -0.39 is 12.0 Å². The second-order valence-corrected chi connectivity index (χ2v) is 9.50. The highest BCUT2D eigenvalue weighted by molar-refractivity contribution is 5.79. The first kappa shape index (κ1) is 23.7. The van der Waals surface area contributed by atoms with Crippen molar-refractivity contribution in [2.75, 3.05) is 38.6 Å². The van der Waals surface area contributed by atoms with Gasteiger partial charge in [-0.1, -0.05) is 25.7 Å². The molecule has 1 aliphatic heterocycles. The molecule has 1 aliphatic carbocycles. The van der Waals surface area contributed by atoms with Crippen LogP contribution in [-0.2, 0) is 11.0 Å². The number of piperidine rings is 1. The lowest BCUT2D eigenvalue weighted by Crippen LogP contribution is -2.53. The maximum absolute atomic E-state index is 13.1. The highest BCUT2D eigenvalue weighted by atomic mass is 19.4. The lowest BCUT2D eigenvalue weighted by atomic mass is 9.88. The van der Waals surface area contributed by atoms with Gasteiger partial charge in [0.1, 0.15) is 5.82 Å². The molecule has 2 fully saturated rings. The average Bonchev–Trinajstić information content (AvgIpc) is 3.07. The zero-order valence-electron chi connectivity index (χ0n) is 19.2. The van der Waals surface area contributed by atoms with E-state index in [1.165, 1.54) is 31.7 Å². The van der Waals surface area contributed by atoms with Crippen LogP contribution in [0.3, 0.4) is 0 Å². The zero-order valence-corrected chi connectivity index (χ0v) is 19.2. The number of carbonyl (C=O) groups is 1. The van der Waals surface area contributed by atoms with Crippen molar-refractivity contribution in [2.24, 2.45) is 5.92 Å². The Morgan fingerprint density at radius 3 is 2.39 bits per heavy atom. The summed E-state index contributed by atoms with van der Waals surface area (Å²) in [6, 6.07) is 3.13. The first-order valence-electron chi connectivity index (χ1n) is 11.7. The second-order valence-electron chi connectivity index (χ2n) is 9.50. The van der Waals surface area contributed by atoms with Gasteiger partial charge in [0, 0.05) is 31.1 Å². The Labute approximate surface area is 191 Å². The average molecular weight is 468 g/mol. The molecule has 8 nitrogen and oxygen atoms in total. The van der Waals surface area contributed by atoms with Gasteiger partial charge >= 0.3 is 6.18 Å². The molecule has 0 aromatic carbocycles. The van der Waals surface area contributed by atoms with Crippen molar-refractivity contribution in [2.45, 2.75) is 63.1 Å². The Morgan fingerprint density at radius 2 is 1.79 bits per heavy atom. The lowest BCUT2D eigenvalue weighted by molar-refractivity contribution is -0.146. The second kappa shape index (κ2) is 9.44. The van der Waals surface area contributed by atoms with Gasteiger partial charge in [0.2, 0.25) is 5.91 Å². The normalized spacial score (nSPS) is 20.2. The zero-order chi connectivity index (χ0) is 23.6. The van der Waals surface area contributed by atoms with E-state index in [9.17, 15) is 18.0 Å². The Morgan fingerprint density at radius 1 is 1.12 bits per heavy atom. The summed E-state index contributed by atoms with van der Waals surface area (Å²) in [5, 5.41) is 14.1. The Kier molecular flexibility index (Phi) is 6.78. The van der Waals surface area contributed by atoms with Crippen LogP contribution in [0.5, 0.6) is 0 Å². The fourth-order valence-electron chi connectivity index (χ4n) is 5.06. The Balaban J connectivity index is 1.36.